The van der Waals surface area contributed by atoms with Gasteiger partial charge in [-0.05, 0) is 61.9 Å². The van der Waals surface area contributed by atoms with E-state index in [1.165, 1.54) is 0 Å². The fourth-order valence-corrected chi connectivity index (χ4v) is 4.89. The van der Waals surface area contributed by atoms with Crippen molar-refractivity contribution in [2.24, 2.45) is 0 Å². The highest BCUT2D eigenvalue weighted by molar-refractivity contribution is 6.12. The van der Waals surface area contributed by atoms with Gasteiger partial charge < -0.3 is 14.8 Å². The van der Waals surface area contributed by atoms with Crippen molar-refractivity contribution in [2.75, 3.05) is 19.1 Å². The molecule has 0 saturated heterocycles. The number of methoxy groups -OCH3 is 2. The fourth-order valence-electron chi connectivity index (χ4n) is 4.89. The molecule has 5 rings (SSSR count). The largest absolute Gasteiger partial charge is 0.497 e. The summed E-state index contributed by atoms with van der Waals surface area (Å²) in [6.07, 6.45) is 0. The summed E-state index contributed by atoms with van der Waals surface area (Å²) < 4.78 is 12.3. The van der Waals surface area contributed by atoms with Gasteiger partial charge in [0, 0.05) is 23.4 Å². The van der Waals surface area contributed by atoms with Crippen LogP contribution in [0.5, 0.6) is 11.5 Å². The molecule has 8 heteroatoms. The molecule has 2 amide bonds. The van der Waals surface area contributed by atoms with Gasteiger partial charge in [0.25, 0.3) is 5.91 Å². The van der Waals surface area contributed by atoms with E-state index in [1.807, 2.05) is 79.7 Å². The maximum absolute atomic E-state index is 14.1. The Kier molecular flexibility index (Phi) is 6.63. The van der Waals surface area contributed by atoms with E-state index in [0.29, 0.717) is 22.8 Å². The van der Waals surface area contributed by atoms with E-state index in [1.54, 1.807) is 36.8 Å². The molecule has 0 fully saturated rings. The number of carbonyl (C=O) groups is 2. The topological polar surface area (TPSA) is 85.7 Å². The number of nitrogens with zero attached hydrogens (tertiary/aromatic N) is 3. The molecule has 8 nitrogen and oxygen atoms in total. The first-order chi connectivity index (χ1) is 18.4. The molecule has 3 aromatic carbocycles. The molecular formula is C30H30N4O4. The van der Waals surface area contributed by atoms with Crippen molar-refractivity contribution in [3.05, 3.63) is 95.7 Å². The van der Waals surface area contributed by atoms with Crippen LogP contribution in [-0.4, -0.2) is 41.4 Å². The maximum atomic E-state index is 14.1. The summed E-state index contributed by atoms with van der Waals surface area (Å²) in [6, 6.07) is 24.4. The van der Waals surface area contributed by atoms with Crippen LogP contribution < -0.4 is 19.7 Å². The number of benzene rings is 3. The van der Waals surface area contributed by atoms with Crippen LogP contribution >= 0.6 is 0 Å². The first-order valence-electron chi connectivity index (χ1n) is 12.4. The predicted octanol–water partition coefficient (Wildman–Crippen LogP) is 4.61. The van der Waals surface area contributed by atoms with Crippen molar-refractivity contribution in [1.29, 1.82) is 0 Å². The zero-order valence-electron chi connectivity index (χ0n) is 21.9. The maximum Gasteiger partial charge on any atom is 0.277 e. The second kappa shape index (κ2) is 10.0. The molecule has 1 aliphatic heterocycles. The van der Waals surface area contributed by atoms with Crippen molar-refractivity contribution in [1.82, 2.24) is 15.1 Å². The normalized spacial score (nSPS) is 16.6. The van der Waals surface area contributed by atoms with E-state index in [4.69, 9.17) is 14.6 Å². The number of carbonyl (C=O) groups excluding carboxylic acids is 2. The Morgan fingerprint density at radius 3 is 2.42 bits per heavy atom. The minimum absolute atomic E-state index is 0.191. The Morgan fingerprint density at radius 1 is 1.00 bits per heavy atom. The average molecular weight is 511 g/mol. The Bertz CT molecular complexity index is 1490. The zero-order chi connectivity index (χ0) is 26.9. The van der Waals surface area contributed by atoms with Gasteiger partial charge in [-0.3, -0.25) is 19.2 Å². The lowest BCUT2D eigenvalue weighted by molar-refractivity contribution is -0.126. The molecule has 1 aliphatic rings. The third-order valence-electron chi connectivity index (χ3n) is 7.02. The molecule has 38 heavy (non-hydrogen) atoms. The van der Waals surface area contributed by atoms with E-state index in [-0.39, 0.29) is 24.9 Å². The van der Waals surface area contributed by atoms with E-state index >= 15 is 0 Å². The summed E-state index contributed by atoms with van der Waals surface area (Å²) in [5.74, 6) is 0.852. The van der Waals surface area contributed by atoms with Gasteiger partial charge in [-0.15, -0.1) is 0 Å². The van der Waals surface area contributed by atoms with Crippen molar-refractivity contribution in [3.63, 3.8) is 0 Å². The number of para-hydroxylation sites is 2. The monoisotopic (exact) mass is 510 g/mol. The molecule has 4 aromatic rings. The van der Waals surface area contributed by atoms with Gasteiger partial charge in [-0.25, -0.2) is 0 Å². The first-order valence-corrected chi connectivity index (χ1v) is 12.4. The number of rotatable bonds is 7. The summed E-state index contributed by atoms with van der Waals surface area (Å²) in [4.78, 5) is 29.5. The quantitative estimate of drug-likeness (QED) is 0.392. The van der Waals surface area contributed by atoms with E-state index in [0.717, 1.165) is 22.4 Å². The minimum atomic E-state index is -1.23. The Balaban J connectivity index is 1.53. The van der Waals surface area contributed by atoms with E-state index in [9.17, 15) is 9.59 Å². The van der Waals surface area contributed by atoms with Crippen molar-refractivity contribution in [2.45, 2.75) is 32.5 Å². The molecule has 2 heterocycles. The van der Waals surface area contributed by atoms with Gasteiger partial charge in [-0.2, -0.15) is 5.10 Å². The third kappa shape index (κ3) is 4.38. The molecule has 1 aromatic heterocycles. The van der Waals surface area contributed by atoms with Crippen LogP contribution in [-0.2, 0) is 17.9 Å². The standard InChI is InChI=1S/C30H30N4O4/c1-20-9-5-7-11-25(20)34-28(35)26-17-24(21-13-15-23(37-3)16-14-21)32-33(26)19-30(34,2)29(36)31-18-22-10-6-8-12-27(22)38-4/h5-17H,18-19H2,1-4H3,(H,31,36)/t30-/m0/s1. The van der Waals surface area contributed by atoms with Gasteiger partial charge in [0.2, 0.25) is 5.91 Å². The van der Waals surface area contributed by atoms with Crippen molar-refractivity contribution >= 4 is 17.5 Å². The molecular weight excluding hydrogens is 480 g/mol. The number of nitrogens with one attached hydrogen (secondary N) is 1. The number of fused-ring (bicyclic) bond motifs is 1. The molecule has 194 valence electrons. The lowest BCUT2D eigenvalue weighted by Gasteiger charge is -2.43. The highest BCUT2D eigenvalue weighted by Gasteiger charge is 2.49. The number of hydrogen-bond donors (Lipinski definition) is 1. The van der Waals surface area contributed by atoms with Crippen LogP contribution in [0.2, 0.25) is 0 Å². The summed E-state index contributed by atoms with van der Waals surface area (Å²) in [5.41, 5.74) is 3.12. The van der Waals surface area contributed by atoms with Crippen LogP contribution in [0.4, 0.5) is 5.69 Å². The Labute approximate surface area is 221 Å². The molecule has 0 saturated carbocycles. The molecule has 1 atom stereocenters. The average Bonchev–Trinajstić information content (AvgIpc) is 3.37. The number of amides is 2. The van der Waals surface area contributed by atoms with Gasteiger partial charge in [0.15, 0.2) is 0 Å². The summed E-state index contributed by atoms with van der Waals surface area (Å²) in [5, 5.41) is 7.77. The van der Waals surface area contributed by atoms with E-state index < -0.39 is 5.54 Å². The van der Waals surface area contributed by atoms with E-state index in [2.05, 4.69) is 5.32 Å². The number of hydrogen-bond acceptors (Lipinski definition) is 5. The molecule has 1 N–H and O–H groups in total. The Morgan fingerprint density at radius 2 is 1.71 bits per heavy atom. The third-order valence-corrected chi connectivity index (χ3v) is 7.02. The molecule has 0 bridgehead atoms. The number of aromatic nitrogens is 2. The van der Waals surface area contributed by atoms with Crippen molar-refractivity contribution < 1.29 is 19.1 Å². The summed E-state index contributed by atoms with van der Waals surface area (Å²) >= 11 is 0. The predicted molar refractivity (Wildman–Crippen MR) is 145 cm³/mol. The van der Waals surface area contributed by atoms with Crippen LogP contribution in [0.25, 0.3) is 11.3 Å². The van der Waals surface area contributed by atoms with Gasteiger partial charge in [-0.1, -0.05) is 36.4 Å². The lowest BCUT2D eigenvalue weighted by Crippen LogP contribution is -2.64. The van der Waals surface area contributed by atoms with Gasteiger partial charge >= 0.3 is 0 Å². The zero-order valence-corrected chi connectivity index (χ0v) is 21.9. The number of anilines is 1. The highest BCUT2D eigenvalue weighted by atomic mass is 16.5. The van der Waals surface area contributed by atoms with Crippen LogP contribution in [0, 0.1) is 6.92 Å². The number of ether oxygens (including phenoxy) is 2. The summed E-state index contributed by atoms with van der Waals surface area (Å²) in [6.45, 7) is 4.17. The molecule has 0 spiro atoms. The smallest absolute Gasteiger partial charge is 0.277 e. The Hall–Kier alpha value is -4.59. The second-order valence-electron chi connectivity index (χ2n) is 9.50. The molecule has 0 radical (unpaired) electrons. The first kappa shape index (κ1) is 25.1. The minimum Gasteiger partial charge on any atom is -0.497 e. The lowest BCUT2D eigenvalue weighted by atomic mass is 9.93. The second-order valence-corrected chi connectivity index (χ2v) is 9.50. The fraction of sp³-hybridized carbons (Fsp3) is 0.233. The molecule has 0 aliphatic carbocycles. The number of aryl methyl sites for hydroxylation is 1. The van der Waals surface area contributed by atoms with Crippen LogP contribution in [0.1, 0.15) is 28.5 Å². The van der Waals surface area contributed by atoms with Crippen LogP contribution in [0.3, 0.4) is 0 Å². The highest BCUT2D eigenvalue weighted by Crippen LogP contribution is 2.36. The summed E-state index contributed by atoms with van der Waals surface area (Å²) in [7, 11) is 3.21. The van der Waals surface area contributed by atoms with Gasteiger partial charge in [0.1, 0.15) is 22.7 Å². The van der Waals surface area contributed by atoms with Crippen molar-refractivity contribution in [3.8, 4) is 22.8 Å². The molecule has 0 unspecified atom stereocenters. The van der Waals surface area contributed by atoms with Crippen LogP contribution in [0.15, 0.2) is 78.9 Å². The SMILES string of the molecule is COc1ccc(-c2cc3n(n2)C[C@@](C)(C(=O)NCc2ccccc2OC)N(c2ccccc2C)C3=O)cc1. The van der Waals surface area contributed by atoms with Gasteiger partial charge in [0.05, 0.1) is 26.5 Å².